The van der Waals surface area contributed by atoms with Crippen LogP contribution >= 0.6 is 0 Å². The molecule has 1 aliphatic heterocycles. The average Bonchev–Trinajstić information content (AvgIpc) is 2.16. The summed E-state index contributed by atoms with van der Waals surface area (Å²) in [5, 5.41) is 3.04. The van der Waals surface area contributed by atoms with Crippen LogP contribution in [-0.4, -0.2) is 32.5 Å². The van der Waals surface area contributed by atoms with Crippen LogP contribution in [0.5, 0.6) is 0 Å². The molecule has 1 amide bonds. The van der Waals surface area contributed by atoms with Gasteiger partial charge in [-0.05, 0) is 19.3 Å². The monoisotopic (exact) mass is 213 g/mol. The number of methoxy groups -OCH3 is 1. The lowest BCUT2D eigenvalue weighted by molar-refractivity contribution is -0.135. The number of hydrogen-bond acceptors (Lipinski definition) is 3. The van der Waals surface area contributed by atoms with E-state index in [1.54, 1.807) is 7.11 Å². The van der Waals surface area contributed by atoms with Gasteiger partial charge >= 0.3 is 0 Å². The van der Waals surface area contributed by atoms with Gasteiger partial charge < -0.3 is 14.8 Å². The number of ether oxygens (including phenoxy) is 2. The molecule has 86 valence electrons. The van der Waals surface area contributed by atoms with E-state index in [9.17, 15) is 4.79 Å². The van der Waals surface area contributed by atoms with Crippen LogP contribution < -0.4 is 5.32 Å². The van der Waals surface area contributed by atoms with Crippen LogP contribution in [0.25, 0.3) is 0 Å². The lowest BCUT2D eigenvalue weighted by Gasteiger charge is -2.44. The summed E-state index contributed by atoms with van der Waals surface area (Å²) in [6.45, 7) is 0.985. The average molecular weight is 213 g/mol. The summed E-state index contributed by atoms with van der Waals surface area (Å²) in [5.74, 6) is 0.187. The predicted molar refractivity (Wildman–Crippen MR) is 55.3 cm³/mol. The number of fused-ring (bicyclic) bond motifs is 2. The third-order valence-corrected chi connectivity index (χ3v) is 3.45. The van der Waals surface area contributed by atoms with Gasteiger partial charge in [0.15, 0.2) is 0 Å². The molecular weight excluding hydrogens is 194 g/mol. The van der Waals surface area contributed by atoms with E-state index in [-0.39, 0.29) is 11.3 Å². The van der Waals surface area contributed by atoms with Gasteiger partial charge in [-0.3, -0.25) is 4.79 Å². The van der Waals surface area contributed by atoms with E-state index in [0.29, 0.717) is 25.9 Å². The van der Waals surface area contributed by atoms with Crippen LogP contribution in [0, 0.1) is 5.41 Å². The molecule has 0 aromatic rings. The first-order valence-corrected chi connectivity index (χ1v) is 5.60. The Balaban J connectivity index is 1.94. The Hall–Kier alpha value is -0.610. The molecule has 0 radical (unpaired) electrons. The molecule has 1 saturated heterocycles. The molecule has 2 bridgehead atoms. The molecule has 2 rings (SSSR count). The zero-order chi connectivity index (χ0) is 10.7. The number of hydrogen-bond donors (Lipinski definition) is 1. The van der Waals surface area contributed by atoms with Crippen LogP contribution in [0.1, 0.15) is 32.1 Å². The number of rotatable bonds is 4. The number of carbonyl (C=O) groups excluding carboxylic acids is 1. The maximum atomic E-state index is 11.5. The molecule has 0 spiro atoms. The topological polar surface area (TPSA) is 47.6 Å². The molecule has 2 aliphatic rings. The summed E-state index contributed by atoms with van der Waals surface area (Å²) in [5.41, 5.74) is 0.0871. The smallest absolute Gasteiger partial charge is 0.220 e. The molecule has 0 aromatic heterocycles. The van der Waals surface area contributed by atoms with E-state index >= 15 is 0 Å². The van der Waals surface area contributed by atoms with Gasteiger partial charge in [-0.15, -0.1) is 0 Å². The molecule has 4 heteroatoms. The molecule has 0 unspecified atom stereocenters. The fourth-order valence-corrected chi connectivity index (χ4v) is 2.88. The zero-order valence-corrected chi connectivity index (χ0v) is 9.25. The summed E-state index contributed by atoms with van der Waals surface area (Å²) in [6, 6.07) is 0.381. The molecule has 1 heterocycles. The Morgan fingerprint density at radius 3 is 3.27 bits per heavy atom. The summed E-state index contributed by atoms with van der Waals surface area (Å²) in [7, 11) is 1.62. The number of piperidine rings is 1. The fourth-order valence-electron chi connectivity index (χ4n) is 2.88. The summed E-state index contributed by atoms with van der Waals surface area (Å²) >= 11 is 0. The number of nitrogens with one attached hydrogen (secondary N) is 1. The second kappa shape index (κ2) is 4.49. The van der Waals surface area contributed by atoms with Crippen molar-refractivity contribution in [2.24, 2.45) is 5.41 Å². The molecule has 4 nitrogen and oxygen atoms in total. The Labute approximate surface area is 90.3 Å². The van der Waals surface area contributed by atoms with Gasteiger partial charge in [-0.2, -0.15) is 0 Å². The summed E-state index contributed by atoms with van der Waals surface area (Å²) in [6.07, 6.45) is 5.12. The van der Waals surface area contributed by atoms with Gasteiger partial charge in [0.1, 0.15) is 6.79 Å². The SMILES string of the molecule is COCOC[C@@]12CCC[C@@H](C1)NC(=O)C2. The van der Waals surface area contributed by atoms with E-state index in [2.05, 4.69) is 5.32 Å². The Kier molecular flexibility index (Phi) is 3.26. The van der Waals surface area contributed by atoms with Gasteiger partial charge in [0, 0.05) is 25.0 Å². The van der Waals surface area contributed by atoms with E-state index in [1.165, 1.54) is 6.42 Å². The highest BCUT2D eigenvalue weighted by molar-refractivity contribution is 5.78. The maximum Gasteiger partial charge on any atom is 0.220 e. The molecule has 1 aliphatic carbocycles. The Bertz CT molecular complexity index is 244. The highest BCUT2D eigenvalue weighted by Gasteiger charge is 2.42. The third kappa shape index (κ3) is 2.49. The van der Waals surface area contributed by atoms with Crippen LogP contribution in [-0.2, 0) is 14.3 Å². The van der Waals surface area contributed by atoms with E-state index in [4.69, 9.17) is 9.47 Å². The first-order chi connectivity index (χ1) is 7.24. The van der Waals surface area contributed by atoms with Crippen LogP contribution in [0.4, 0.5) is 0 Å². The molecule has 15 heavy (non-hydrogen) atoms. The van der Waals surface area contributed by atoms with Crippen molar-refractivity contribution in [2.45, 2.75) is 38.1 Å². The van der Waals surface area contributed by atoms with E-state index in [0.717, 1.165) is 19.3 Å². The van der Waals surface area contributed by atoms with E-state index < -0.39 is 0 Å². The van der Waals surface area contributed by atoms with Crippen molar-refractivity contribution in [2.75, 3.05) is 20.5 Å². The summed E-state index contributed by atoms with van der Waals surface area (Å²) in [4.78, 5) is 11.5. The first-order valence-electron chi connectivity index (χ1n) is 5.60. The van der Waals surface area contributed by atoms with Crippen molar-refractivity contribution in [1.82, 2.24) is 5.32 Å². The quantitative estimate of drug-likeness (QED) is 0.561. The minimum atomic E-state index is 0.0871. The lowest BCUT2D eigenvalue weighted by Crippen LogP contribution is -2.51. The van der Waals surface area contributed by atoms with Gasteiger partial charge in [0.2, 0.25) is 5.91 Å². The molecule has 0 aromatic carbocycles. The molecule has 2 atom stereocenters. The number of amides is 1. The largest absolute Gasteiger partial charge is 0.359 e. The van der Waals surface area contributed by atoms with Gasteiger partial charge in [0.25, 0.3) is 0 Å². The second-order valence-electron chi connectivity index (χ2n) is 4.79. The van der Waals surface area contributed by atoms with Crippen molar-refractivity contribution in [1.29, 1.82) is 0 Å². The maximum absolute atomic E-state index is 11.5. The Morgan fingerprint density at radius 1 is 1.60 bits per heavy atom. The second-order valence-corrected chi connectivity index (χ2v) is 4.79. The number of carbonyl (C=O) groups is 1. The molecule has 1 saturated carbocycles. The van der Waals surface area contributed by atoms with Gasteiger partial charge in [-0.25, -0.2) is 0 Å². The third-order valence-electron chi connectivity index (χ3n) is 3.45. The first kappa shape index (κ1) is 10.9. The van der Waals surface area contributed by atoms with Crippen LogP contribution in [0.3, 0.4) is 0 Å². The van der Waals surface area contributed by atoms with Gasteiger partial charge in [0.05, 0.1) is 6.61 Å². The van der Waals surface area contributed by atoms with Crippen molar-refractivity contribution >= 4 is 5.91 Å². The highest BCUT2D eigenvalue weighted by atomic mass is 16.7. The van der Waals surface area contributed by atoms with E-state index in [1.807, 2.05) is 0 Å². The van der Waals surface area contributed by atoms with Crippen LogP contribution in [0.2, 0.25) is 0 Å². The van der Waals surface area contributed by atoms with Crippen molar-refractivity contribution < 1.29 is 14.3 Å². The lowest BCUT2D eigenvalue weighted by atomic mass is 9.68. The molecule has 2 fully saturated rings. The van der Waals surface area contributed by atoms with Crippen molar-refractivity contribution in [3.05, 3.63) is 0 Å². The van der Waals surface area contributed by atoms with Crippen molar-refractivity contribution in [3.63, 3.8) is 0 Å². The van der Waals surface area contributed by atoms with Crippen LogP contribution in [0.15, 0.2) is 0 Å². The predicted octanol–water partition coefficient (Wildman–Crippen LogP) is 1.06. The minimum Gasteiger partial charge on any atom is -0.359 e. The highest BCUT2D eigenvalue weighted by Crippen LogP contribution is 2.42. The standard InChI is InChI=1S/C11H19NO3/c1-14-8-15-7-11-4-2-3-9(5-11)12-10(13)6-11/h9H,2-8H2,1H3,(H,12,13)/t9-,11-/m0/s1. The summed E-state index contributed by atoms with van der Waals surface area (Å²) < 4.78 is 10.3. The fraction of sp³-hybridized carbons (Fsp3) is 0.909. The normalized spacial score (nSPS) is 35.0. The Morgan fingerprint density at radius 2 is 2.47 bits per heavy atom. The van der Waals surface area contributed by atoms with Gasteiger partial charge in [-0.1, -0.05) is 6.42 Å². The molecule has 1 N–H and O–H groups in total. The van der Waals surface area contributed by atoms with Crippen molar-refractivity contribution in [3.8, 4) is 0 Å². The molecular formula is C11H19NO3. The zero-order valence-electron chi connectivity index (χ0n) is 9.25. The minimum absolute atomic E-state index is 0.0871.